The van der Waals surface area contributed by atoms with Crippen molar-refractivity contribution in [1.82, 2.24) is 5.32 Å². The lowest BCUT2D eigenvalue weighted by Gasteiger charge is -2.37. The molecule has 1 aromatic carbocycles. The number of aliphatic hydroxyl groups is 1. The highest BCUT2D eigenvalue weighted by Crippen LogP contribution is 2.40. The van der Waals surface area contributed by atoms with Gasteiger partial charge in [-0.15, -0.1) is 0 Å². The molecule has 0 radical (unpaired) electrons. The molecule has 0 amide bonds. The summed E-state index contributed by atoms with van der Waals surface area (Å²) in [4.78, 5) is 2.09. The minimum Gasteiger partial charge on any atom is -0.481 e. The van der Waals surface area contributed by atoms with Crippen LogP contribution in [0.3, 0.4) is 0 Å². The molecule has 2 heterocycles. The average molecular weight is 251 g/mol. The summed E-state index contributed by atoms with van der Waals surface area (Å²) in [5, 5.41) is 12.7. The Bertz CT molecular complexity index is 441. The second-order valence-corrected chi connectivity index (χ2v) is 4.45. The first-order valence-electron chi connectivity index (χ1n) is 6.09. The summed E-state index contributed by atoms with van der Waals surface area (Å²) < 4.78 is 10.9. The lowest BCUT2D eigenvalue weighted by molar-refractivity contribution is -0.0667. The van der Waals surface area contributed by atoms with Crippen LogP contribution in [0.4, 0.5) is 5.69 Å². The molecule has 2 aliphatic rings. The molecule has 0 aliphatic carbocycles. The van der Waals surface area contributed by atoms with E-state index >= 15 is 0 Å². The van der Waals surface area contributed by atoms with E-state index in [1.54, 1.807) is 6.07 Å². The molecule has 1 saturated heterocycles. The molecule has 18 heavy (non-hydrogen) atoms. The number of anilines is 1. The fraction of sp³-hybridized carbons (Fsp3) is 0.500. The van der Waals surface area contributed by atoms with Crippen LogP contribution in [0, 0.1) is 0 Å². The molecule has 0 bridgehead atoms. The van der Waals surface area contributed by atoms with E-state index in [0.29, 0.717) is 11.5 Å². The van der Waals surface area contributed by atoms with Crippen molar-refractivity contribution in [2.75, 3.05) is 31.1 Å². The minimum absolute atomic E-state index is 0.0827. The normalized spacial score (nSPS) is 27.1. The Morgan fingerprint density at radius 3 is 3.17 bits per heavy atom. The van der Waals surface area contributed by atoms with Crippen LogP contribution in [-0.4, -0.2) is 43.8 Å². The van der Waals surface area contributed by atoms with Gasteiger partial charge >= 0.3 is 0 Å². The molecule has 0 aromatic heterocycles. The average Bonchev–Trinajstić information content (AvgIpc) is 2.38. The molecular formula is C12H17N3O3. The maximum absolute atomic E-state index is 9.41. The number of ether oxygens (including phenoxy) is 2. The van der Waals surface area contributed by atoms with Crippen LogP contribution in [0.2, 0.25) is 0 Å². The van der Waals surface area contributed by atoms with Crippen molar-refractivity contribution < 1.29 is 14.6 Å². The summed E-state index contributed by atoms with van der Waals surface area (Å²) in [7, 11) is 0. The summed E-state index contributed by atoms with van der Waals surface area (Å²) in [6, 6.07) is 5.63. The largest absolute Gasteiger partial charge is 0.481 e. The van der Waals surface area contributed by atoms with Crippen molar-refractivity contribution in [3.8, 4) is 11.5 Å². The highest BCUT2D eigenvalue weighted by atomic mass is 16.7. The Balaban J connectivity index is 1.94. The van der Waals surface area contributed by atoms with E-state index in [4.69, 9.17) is 15.2 Å². The third-order valence-corrected chi connectivity index (χ3v) is 3.18. The highest BCUT2D eigenvalue weighted by molar-refractivity contribution is 5.66. The number of rotatable bonds is 1. The minimum atomic E-state index is -0.899. The van der Waals surface area contributed by atoms with Crippen LogP contribution >= 0.6 is 0 Å². The third kappa shape index (κ3) is 1.98. The van der Waals surface area contributed by atoms with Crippen molar-refractivity contribution >= 4 is 5.69 Å². The number of nitrogens with zero attached hydrogens (tertiary/aromatic N) is 1. The Morgan fingerprint density at radius 2 is 2.33 bits per heavy atom. The van der Waals surface area contributed by atoms with E-state index < -0.39 is 6.29 Å². The van der Waals surface area contributed by atoms with Crippen molar-refractivity contribution in [3.05, 3.63) is 18.2 Å². The quantitative estimate of drug-likeness (QED) is 0.623. The number of hydrogen-bond donors (Lipinski definition) is 3. The Hall–Kier alpha value is -1.50. The summed E-state index contributed by atoms with van der Waals surface area (Å²) in [6.07, 6.45) is -0.981. The fourth-order valence-electron chi connectivity index (χ4n) is 2.33. The predicted octanol–water partition coefficient (Wildman–Crippen LogP) is -0.529. The van der Waals surface area contributed by atoms with Gasteiger partial charge in [-0.25, -0.2) is 0 Å². The number of aliphatic hydroxyl groups excluding tert-OH is 1. The molecule has 3 rings (SSSR count). The van der Waals surface area contributed by atoms with Crippen LogP contribution in [0.1, 0.15) is 0 Å². The molecule has 2 aliphatic heterocycles. The van der Waals surface area contributed by atoms with Gasteiger partial charge < -0.3 is 30.5 Å². The number of benzene rings is 1. The predicted molar refractivity (Wildman–Crippen MR) is 66.8 cm³/mol. The van der Waals surface area contributed by atoms with Gasteiger partial charge in [-0.05, 0) is 12.1 Å². The molecule has 6 heteroatoms. The van der Waals surface area contributed by atoms with Crippen LogP contribution < -0.4 is 25.4 Å². The Morgan fingerprint density at radius 1 is 1.44 bits per heavy atom. The maximum atomic E-state index is 9.41. The second kappa shape index (κ2) is 4.64. The van der Waals surface area contributed by atoms with Crippen LogP contribution in [0.15, 0.2) is 18.2 Å². The maximum Gasteiger partial charge on any atom is 0.232 e. The molecule has 0 saturated carbocycles. The van der Waals surface area contributed by atoms with Gasteiger partial charge in [-0.2, -0.15) is 0 Å². The van der Waals surface area contributed by atoms with Gasteiger partial charge in [0, 0.05) is 19.6 Å². The van der Waals surface area contributed by atoms with Gasteiger partial charge in [0.05, 0.1) is 11.9 Å². The monoisotopic (exact) mass is 251 g/mol. The van der Waals surface area contributed by atoms with Crippen molar-refractivity contribution in [1.29, 1.82) is 0 Å². The zero-order valence-electron chi connectivity index (χ0n) is 10.0. The van der Waals surface area contributed by atoms with Crippen LogP contribution in [0.25, 0.3) is 0 Å². The zero-order chi connectivity index (χ0) is 12.5. The van der Waals surface area contributed by atoms with E-state index in [1.807, 2.05) is 12.1 Å². The van der Waals surface area contributed by atoms with Gasteiger partial charge in [-0.3, -0.25) is 0 Å². The van der Waals surface area contributed by atoms with Crippen LogP contribution in [-0.2, 0) is 0 Å². The lowest BCUT2D eigenvalue weighted by Crippen LogP contribution is -2.56. The van der Waals surface area contributed by atoms with Gasteiger partial charge in [0.2, 0.25) is 6.29 Å². The Labute approximate surface area is 105 Å². The first-order chi connectivity index (χ1) is 8.75. The first-order valence-corrected chi connectivity index (χ1v) is 6.09. The van der Waals surface area contributed by atoms with E-state index in [2.05, 4.69) is 10.2 Å². The van der Waals surface area contributed by atoms with E-state index in [1.165, 1.54) is 0 Å². The number of para-hydroxylation sites is 1. The number of fused-ring (bicyclic) bond motifs is 1. The highest BCUT2D eigenvalue weighted by Gasteiger charge is 2.27. The molecule has 1 fully saturated rings. The molecule has 4 N–H and O–H groups in total. The third-order valence-electron chi connectivity index (χ3n) is 3.18. The van der Waals surface area contributed by atoms with Crippen molar-refractivity contribution in [2.24, 2.45) is 5.73 Å². The molecule has 6 nitrogen and oxygen atoms in total. The number of hydrogen-bond acceptors (Lipinski definition) is 6. The SMILES string of the molecule is NC1CNCCN1c1cccc2c1OCC(O)O2. The van der Waals surface area contributed by atoms with Crippen molar-refractivity contribution in [3.63, 3.8) is 0 Å². The number of piperazine rings is 1. The molecule has 2 atom stereocenters. The lowest BCUT2D eigenvalue weighted by atomic mass is 10.2. The Kier molecular flexibility index (Phi) is 2.99. The number of nitrogens with one attached hydrogen (secondary N) is 1. The van der Waals surface area contributed by atoms with E-state index in [-0.39, 0.29) is 12.8 Å². The van der Waals surface area contributed by atoms with Crippen LogP contribution in [0.5, 0.6) is 11.5 Å². The summed E-state index contributed by atoms with van der Waals surface area (Å²) in [5.41, 5.74) is 7.01. The topological polar surface area (TPSA) is 80.0 Å². The van der Waals surface area contributed by atoms with Gasteiger partial charge in [0.1, 0.15) is 0 Å². The molecule has 98 valence electrons. The first kappa shape index (κ1) is 11.6. The van der Waals surface area contributed by atoms with E-state index in [0.717, 1.165) is 25.3 Å². The molecule has 2 unspecified atom stereocenters. The fourth-order valence-corrected chi connectivity index (χ4v) is 2.33. The standard InChI is InChI=1S/C12H17N3O3/c13-10-6-14-4-5-15(10)8-2-1-3-9-12(8)17-7-11(16)18-9/h1-3,10-11,14,16H,4-7,13H2. The summed E-state index contributed by atoms with van der Waals surface area (Å²) >= 11 is 0. The summed E-state index contributed by atoms with van der Waals surface area (Å²) in [5.74, 6) is 1.23. The van der Waals surface area contributed by atoms with E-state index in [9.17, 15) is 5.11 Å². The second-order valence-electron chi connectivity index (χ2n) is 4.45. The van der Waals surface area contributed by atoms with Gasteiger partial charge in [-0.1, -0.05) is 6.07 Å². The van der Waals surface area contributed by atoms with Crippen molar-refractivity contribution in [2.45, 2.75) is 12.5 Å². The molecule has 0 spiro atoms. The van der Waals surface area contributed by atoms with Gasteiger partial charge in [0.15, 0.2) is 18.1 Å². The number of nitrogens with two attached hydrogens (primary N) is 1. The summed E-state index contributed by atoms with van der Waals surface area (Å²) in [6.45, 7) is 2.60. The van der Waals surface area contributed by atoms with Gasteiger partial charge in [0.25, 0.3) is 0 Å². The molecule has 1 aromatic rings. The molecular weight excluding hydrogens is 234 g/mol. The smallest absolute Gasteiger partial charge is 0.232 e. The zero-order valence-corrected chi connectivity index (χ0v) is 10.0.